The smallest absolute Gasteiger partial charge is 0.317 e. The van der Waals surface area contributed by atoms with Gasteiger partial charge in [-0.15, -0.1) is 0 Å². The van der Waals surface area contributed by atoms with Crippen LogP contribution in [0.3, 0.4) is 0 Å². The summed E-state index contributed by atoms with van der Waals surface area (Å²) in [6.07, 6.45) is -4.95. The summed E-state index contributed by atoms with van der Waals surface area (Å²) >= 11 is 11.1. The van der Waals surface area contributed by atoms with Crippen LogP contribution in [0, 0.1) is 0 Å². The average Bonchev–Trinajstić information content (AvgIpc) is 2.09. The zero-order valence-electron chi connectivity index (χ0n) is 7.03. The predicted octanol–water partition coefficient (Wildman–Crippen LogP) is 3.49. The highest BCUT2D eigenvalue weighted by molar-refractivity contribution is 6.35. The van der Waals surface area contributed by atoms with Crippen molar-refractivity contribution < 1.29 is 18.0 Å². The standard InChI is InChI=1S/C8H4Cl2F3NO/c9-4-1-2-5(10)6(3-4)14-7(15)8(11,12)13/h1-3H,(H,14,15). The first-order valence-electron chi connectivity index (χ1n) is 3.64. The van der Waals surface area contributed by atoms with Crippen molar-refractivity contribution in [1.29, 1.82) is 0 Å². The zero-order valence-corrected chi connectivity index (χ0v) is 8.54. The van der Waals surface area contributed by atoms with E-state index in [4.69, 9.17) is 23.2 Å². The molecule has 0 saturated carbocycles. The molecule has 82 valence electrons. The Balaban J connectivity index is 2.90. The van der Waals surface area contributed by atoms with Crippen LogP contribution in [0.25, 0.3) is 0 Å². The lowest BCUT2D eigenvalue weighted by Gasteiger charge is -2.09. The number of carbonyl (C=O) groups is 1. The van der Waals surface area contributed by atoms with E-state index in [-0.39, 0.29) is 15.7 Å². The summed E-state index contributed by atoms with van der Waals surface area (Å²) < 4.78 is 35.6. The van der Waals surface area contributed by atoms with Gasteiger partial charge in [0.2, 0.25) is 0 Å². The first kappa shape index (κ1) is 12.1. The van der Waals surface area contributed by atoms with E-state index < -0.39 is 12.1 Å². The van der Waals surface area contributed by atoms with E-state index in [1.54, 1.807) is 5.32 Å². The molecule has 0 saturated heterocycles. The number of hydrogen-bond acceptors (Lipinski definition) is 1. The summed E-state index contributed by atoms with van der Waals surface area (Å²) in [5.41, 5.74) is -0.175. The third kappa shape index (κ3) is 3.28. The molecule has 0 aromatic heterocycles. The first-order valence-corrected chi connectivity index (χ1v) is 4.39. The van der Waals surface area contributed by atoms with E-state index in [9.17, 15) is 18.0 Å². The Morgan fingerprint density at radius 2 is 1.87 bits per heavy atom. The van der Waals surface area contributed by atoms with Crippen molar-refractivity contribution in [2.24, 2.45) is 0 Å². The minimum atomic E-state index is -4.95. The molecule has 1 amide bonds. The average molecular weight is 258 g/mol. The van der Waals surface area contributed by atoms with Gasteiger partial charge in [0.1, 0.15) is 0 Å². The van der Waals surface area contributed by atoms with Crippen molar-refractivity contribution in [3.8, 4) is 0 Å². The fourth-order valence-corrected chi connectivity index (χ4v) is 1.12. The van der Waals surface area contributed by atoms with Crippen LogP contribution >= 0.6 is 23.2 Å². The molecule has 0 bridgehead atoms. The van der Waals surface area contributed by atoms with Gasteiger partial charge in [0.25, 0.3) is 0 Å². The molecule has 0 atom stereocenters. The van der Waals surface area contributed by atoms with Gasteiger partial charge in [0.05, 0.1) is 10.7 Å². The molecule has 2 nitrogen and oxygen atoms in total. The second-order valence-electron chi connectivity index (χ2n) is 2.58. The highest BCUT2D eigenvalue weighted by Gasteiger charge is 2.38. The van der Waals surface area contributed by atoms with Gasteiger partial charge < -0.3 is 5.32 Å². The molecule has 0 aliphatic rings. The number of hydrogen-bond donors (Lipinski definition) is 1. The van der Waals surface area contributed by atoms with E-state index in [0.29, 0.717) is 0 Å². The molecular weight excluding hydrogens is 254 g/mol. The second-order valence-corrected chi connectivity index (χ2v) is 3.42. The Morgan fingerprint density at radius 1 is 1.27 bits per heavy atom. The van der Waals surface area contributed by atoms with Gasteiger partial charge in [0, 0.05) is 5.02 Å². The largest absolute Gasteiger partial charge is 0.471 e. The van der Waals surface area contributed by atoms with Crippen molar-refractivity contribution in [2.75, 3.05) is 5.32 Å². The fraction of sp³-hybridized carbons (Fsp3) is 0.125. The third-order valence-electron chi connectivity index (χ3n) is 1.43. The van der Waals surface area contributed by atoms with Crippen LogP contribution < -0.4 is 5.32 Å². The number of carbonyl (C=O) groups excluding carboxylic acids is 1. The van der Waals surface area contributed by atoms with Gasteiger partial charge in [-0.1, -0.05) is 23.2 Å². The minimum Gasteiger partial charge on any atom is -0.317 e. The lowest BCUT2D eigenvalue weighted by Crippen LogP contribution is -2.30. The molecule has 0 heterocycles. The van der Waals surface area contributed by atoms with Crippen LogP contribution in [-0.4, -0.2) is 12.1 Å². The molecular formula is C8H4Cl2F3NO. The Labute approximate surface area is 93.0 Å². The summed E-state index contributed by atoms with van der Waals surface area (Å²) in [4.78, 5) is 10.6. The maximum absolute atomic E-state index is 11.9. The summed E-state index contributed by atoms with van der Waals surface area (Å²) in [6.45, 7) is 0. The fourth-order valence-electron chi connectivity index (χ4n) is 0.786. The summed E-state index contributed by atoms with van der Waals surface area (Å²) in [7, 11) is 0. The molecule has 0 aliphatic heterocycles. The number of anilines is 1. The van der Waals surface area contributed by atoms with Crippen LogP contribution in [0.2, 0.25) is 10.0 Å². The van der Waals surface area contributed by atoms with Crippen LogP contribution in [0.5, 0.6) is 0 Å². The molecule has 0 spiro atoms. The maximum Gasteiger partial charge on any atom is 0.471 e. The van der Waals surface area contributed by atoms with Crippen molar-refractivity contribution >= 4 is 34.8 Å². The number of halogens is 5. The first-order chi connectivity index (χ1) is 6.80. The summed E-state index contributed by atoms with van der Waals surface area (Å²) in [5, 5.41) is 1.77. The normalized spacial score (nSPS) is 11.3. The Morgan fingerprint density at radius 3 is 2.40 bits per heavy atom. The molecule has 1 rings (SSSR count). The van der Waals surface area contributed by atoms with Gasteiger partial charge in [-0.2, -0.15) is 13.2 Å². The highest BCUT2D eigenvalue weighted by atomic mass is 35.5. The summed E-state index contributed by atoms with van der Waals surface area (Å²) in [6, 6.07) is 3.82. The van der Waals surface area contributed by atoms with Gasteiger partial charge in [-0.3, -0.25) is 4.79 Å². The molecule has 1 aromatic carbocycles. The van der Waals surface area contributed by atoms with Crippen molar-refractivity contribution in [3.05, 3.63) is 28.2 Å². The van der Waals surface area contributed by atoms with E-state index >= 15 is 0 Å². The van der Waals surface area contributed by atoms with Crippen LogP contribution in [0.15, 0.2) is 18.2 Å². The Kier molecular flexibility index (Phi) is 3.46. The van der Waals surface area contributed by atoms with Crippen molar-refractivity contribution in [2.45, 2.75) is 6.18 Å². The number of amides is 1. The van der Waals surface area contributed by atoms with Crippen LogP contribution in [-0.2, 0) is 4.79 Å². The molecule has 1 aromatic rings. The molecule has 7 heteroatoms. The minimum absolute atomic E-state index is 0.0167. The molecule has 1 N–H and O–H groups in total. The van der Waals surface area contributed by atoms with Gasteiger partial charge in [0.15, 0.2) is 0 Å². The third-order valence-corrected chi connectivity index (χ3v) is 2.00. The van der Waals surface area contributed by atoms with Gasteiger partial charge in [-0.25, -0.2) is 0 Å². The van der Waals surface area contributed by atoms with Gasteiger partial charge >= 0.3 is 12.1 Å². The number of nitrogens with one attached hydrogen (secondary N) is 1. The maximum atomic E-state index is 11.9. The topological polar surface area (TPSA) is 29.1 Å². The Hall–Kier alpha value is -0.940. The van der Waals surface area contributed by atoms with E-state index in [1.165, 1.54) is 12.1 Å². The molecule has 0 aliphatic carbocycles. The summed E-state index contributed by atoms with van der Waals surface area (Å²) in [5.74, 6) is -2.09. The van der Waals surface area contributed by atoms with Crippen molar-refractivity contribution in [3.63, 3.8) is 0 Å². The predicted molar refractivity (Wildman–Crippen MR) is 51.1 cm³/mol. The number of alkyl halides is 3. The van der Waals surface area contributed by atoms with Gasteiger partial charge in [-0.05, 0) is 18.2 Å². The second kappa shape index (κ2) is 4.28. The quantitative estimate of drug-likeness (QED) is 0.820. The number of benzene rings is 1. The molecule has 0 unspecified atom stereocenters. The highest BCUT2D eigenvalue weighted by Crippen LogP contribution is 2.27. The molecule has 0 fully saturated rings. The molecule has 15 heavy (non-hydrogen) atoms. The van der Waals surface area contributed by atoms with E-state index in [1.807, 2.05) is 0 Å². The van der Waals surface area contributed by atoms with Crippen LogP contribution in [0.1, 0.15) is 0 Å². The van der Waals surface area contributed by atoms with E-state index in [2.05, 4.69) is 0 Å². The van der Waals surface area contributed by atoms with E-state index in [0.717, 1.165) is 6.07 Å². The monoisotopic (exact) mass is 257 g/mol. The zero-order chi connectivity index (χ0) is 11.6. The SMILES string of the molecule is O=C(Nc1cc(Cl)ccc1Cl)C(F)(F)F. The lowest BCUT2D eigenvalue weighted by atomic mass is 10.3. The van der Waals surface area contributed by atoms with Crippen LogP contribution in [0.4, 0.5) is 18.9 Å². The molecule has 0 radical (unpaired) electrons. The Bertz CT molecular complexity index is 392. The lowest BCUT2D eigenvalue weighted by molar-refractivity contribution is -0.167. The number of rotatable bonds is 1. The van der Waals surface area contributed by atoms with Crippen molar-refractivity contribution in [1.82, 2.24) is 0 Å².